The Morgan fingerprint density at radius 3 is 2.81 bits per heavy atom. The molecule has 0 bridgehead atoms. The minimum atomic E-state index is 0.527. The van der Waals surface area contributed by atoms with Crippen molar-refractivity contribution in [2.24, 2.45) is 5.92 Å². The van der Waals surface area contributed by atoms with Crippen molar-refractivity contribution in [1.82, 2.24) is 14.9 Å². The first-order chi connectivity index (χ1) is 13.2. The number of nitrogens with zero attached hydrogens (tertiary/aromatic N) is 3. The van der Waals surface area contributed by atoms with E-state index in [1.165, 1.54) is 19.4 Å². The molecule has 7 heteroatoms. The number of ether oxygens (including phenoxy) is 2. The number of hydrogen-bond acceptors (Lipinski definition) is 7. The maximum absolute atomic E-state index is 5.98. The van der Waals surface area contributed by atoms with Crippen LogP contribution in [-0.2, 0) is 0 Å². The third-order valence-electron chi connectivity index (χ3n) is 4.54. The Hall–Kier alpha value is -2.54. The topological polar surface area (TPSA) is 71.5 Å². The molecule has 1 aliphatic carbocycles. The molecule has 0 atom stereocenters. The molecule has 7 nitrogen and oxygen atoms in total. The summed E-state index contributed by atoms with van der Waals surface area (Å²) in [6.07, 6.45) is 5.47. The molecular weight excluding hydrogens is 342 g/mol. The maximum Gasteiger partial charge on any atom is 0.229 e. The lowest BCUT2D eigenvalue weighted by Crippen LogP contribution is -2.23. The van der Waals surface area contributed by atoms with Crippen molar-refractivity contribution in [2.45, 2.75) is 19.3 Å². The van der Waals surface area contributed by atoms with Crippen molar-refractivity contribution in [3.63, 3.8) is 0 Å². The fourth-order valence-corrected chi connectivity index (χ4v) is 2.90. The van der Waals surface area contributed by atoms with Gasteiger partial charge in [0.25, 0.3) is 0 Å². The highest BCUT2D eigenvalue weighted by Crippen LogP contribution is 2.31. The van der Waals surface area contributed by atoms with Crippen LogP contribution >= 0.6 is 0 Å². The molecule has 2 aromatic rings. The number of anilines is 3. The largest absolute Gasteiger partial charge is 0.493 e. The van der Waals surface area contributed by atoms with Crippen LogP contribution < -0.4 is 20.1 Å². The van der Waals surface area contributed by atoms with Gasteiger partial charge in [-0.3, -0.25) is 0 Å². The minimum absolute atomic E-state index is 0.527. The second-order valence-electron chi connectivity index (χ2n) is 6.91. The Labute approximate surface area is 161 Å². The average Bonchev–Trinajstić information content (AvgIpc) is 3.49. The summed E-state index contributed by atoms with van der Waals surface area (Å²) in [6.45, 7) is 2.90. The molecule has 1 aromatic carbocycles. The Morgan fingerprint density at radius 1 is 1.22 bits per heavy atom. The van der Waals surface area contributed by atoms with Crippen molar-refractivity contribution in [3.05, 3.63) is 30.5 Å². The summed E-state index contributed by atoms with van der Waals surface area (Å²) < 4.78 is 11.4. The molecule has 1 heterocycles. The van der Waals surface area contributed by atoms with Crippen LogP contribution in [0, 0.1) is 5.92 Å². The zero-order valence-electron chi connectivity index (χ0n) is 16.4. The van der Waals surface area contributed by atoms with E-state index < -0.39 is 0 Å². The third kappa shape index (κ3) is 5.99. The van der Waals surface area contributed by atoms with E-state index in [1.54, 1.807) is 13.3 Å². The van der Waals surface area contributed by atoms with Crippen LogP contribution in [0.5, 0.6) is 11.5 Å². The van der Waals surface area contributed by atoms with Crippen LogP contribution in [-0.4, -0.2) is 55.8 Å². The Kier molecular flexibility index (Phi) is 6.70. The first kappa shape index (κ1) is 19.2. The summed E-state index contributed by atoms with van der Waals surface area (Å²) in [5.41, 5.74) is 0.852. The monoisotopic (exact) mass is 371 g/mol. The predicted molar refractivity (Wildman–Crippen MR) is 108 cm³/mol. The first-order valence-electron chi connectivity index (χ1n) is 9.45. The van der Waals surface area contributed by atoms with E-state index >= 15 is 0 Å². The summed E-state index contributed by atoms with van der Waals surface area (Å²) in [4.78, 5) is 11.0. The van der Waals surface area contributed by atoms with Gasteiger partial charge in [-0.2, -0.15) is 4.98 Å². The molecular formula is C20H29N5O2. The summed E-state index contributed by atoms with van der Waals surface area (Å²) in [5, 5.41) is 6.20. The van der Waals surface area contributed by atoms with Crippen molar-refractivity contribution >= 4 is 17.5 Å². The molecule has 2 N–H and O–H groups in total. The van der Waals surface area contributed by atoms with Crippen molar-refractivity contribution in [2.75, 3.05) is 51.5 Å². The van der Waals surface area contributed by atoms with Gasteiger partial charge in [0.1, 0.15) is 5.82 Å². The maximum atomic E-state index is 5.98. The molecule has 0 spiro atoms. The predicted octanol–water partition coefficient (Wildman–Crippen LogP) is 3.38. The molecule has 0 radical (unpaired) electrons. The van der Waals surface area contributed by atoms with Crippen LogP contribution in [0.1, 0.15) is 19.3 Å². The van der Waals surface area contributed by atoms with Gasteiger partial charge in [0, 0.05) is 38.1 Å². The van der Waals surface area contributed by atoms with E-state index in [4.69, 9.17) is 9.47 Å². The number of nitrogens with one attached hydrogen (secondary N) is 2. The molecule has 1 aliphatic rings. The van der Waals surface area contributed by atoms with E-state index in [0.29, 0.717) is 12.6 Å². The van der Waals surface area contributed by atoms with Crippen LogP contribution in [0.15, 0.2) is 30.5 Å². The molecule has 146 valence electrons. The molecule has 0 saturated heterocycles. The highest BCUT2D eigenvalue weighted by atomic mass is 16.5. The first-order valence-corrected chi connectivity index (χ1v) is 9.45. The fraction of sp³-hybridized carbons (Fsp3) is 0.500. The van der Waals surface area contributed by atoms with Crippen LogP contribution in [0.4, 0.5) is 17.5 Å². The van der Waals surface area contributed by atoms with Crippen LogP contribution in [0.3, 0.4) is 0 Å². The van der Waals surface area contributed by atoms with Gasteiger partial charge in [-0.15, -0.1) is 0 Å². The fourth-order valence-electron chi connectivity index (χ4n) is 2.90. The normalized spacial score (nSPS) is 13.5. The van der Waals surface area contributed by atoms with Gasteiger partial charge in [0.2, 0.25) is 5.95 Å². The lowest BCUT2D eigenvalue weighted by atomic mass is 10.2. The van der Waals surface area contributed by atoms with E-state index in [9.17, 15) is 0 Å². The summed E-state index contributed by atoms with van der Waals surface area (Å²) in [7, 11) is 5.66. The van der Waals surface area contributed by atoms with Gasteiger partial charge in [0.05, 0.1) is 13.7 Å². The van der Waals surface area contributed by atoms with Crippen LogP contribution in [0.2, 0.25) is 0 Å². The SMILES string of the molecule is CNc1ccnc(Nc2ccc(OC)c(OCCCN(C)CC3CC3)c2)n1. The summed E-state index contributed by atoms with van der Waals surface area (Å²) in [5.74, 6) is 3.64. The summed E-state index contributed by atoms with van der Waals surface area (Å²) in [6, 6.07) is 7.54. The smallest absolute Gasteiger partial charge is 0.229 e. The van der Waals surface area contributed by atoms with Gasteiger partial charge in [-0.25, -0.2) is 4.98 Å². The number of benzene rings is 1. The van der Waals surface area contributed by atoms with E-state index in [-0.39, 0.29) is 0 Å². The standard InChI is InChI=1S/C20H29N5O2/c1-21-19-9-10-22-20(24-19)23-16-7-8-17(26-3)18(13-16)27-12-4-11-25(2)14-15-5-6-15/h7-10,13,15H,4-6,11-12,14H2,1-3H3,(H2,21,22,23,24). The van der Waals surface area contributed by atoms with Gasteiger partial charge >= 0.3 is 0 Å². The van der Waals surface area contributed by atoms with Gasteiger partial charge in [0.15, 0.2) is 11.5 Å². The molecule has 0 aliphatic heterocycles. The molecule has 0 unspecified atom stereocenters. The molecule has 1 aromatic heterocycles. The highest BCUT2D eigenvalue weighted by Gasteiger charge is 2.22. The third-order valence-corrected chi connectivity index (χ3v) is 4.54. The zero-order chi connectivity index (χ0) is 19.1. The van der Waals surface area contributed by atoms with E-state index in [1.807, 2.05) is 31.3 Å². The number of rotatable bonds is 11. The second kappa shape index (κ2) is 9.41. The van der Waals surface area contributed by atoms with Crippen molar-refractivity contribution < 1.29 is 9.47 Å². The highest BCUT2D eigenvalue weighted by molar-refractivity contribution is 5.60. The van der Waals surface area contributed by atoms with Gasteiger partial charge < -0.3 is 25.0 Å². The minimum Gasteiger partial charge on any atom is -0.493 e. The van der Waals surface area contributed by atoms with Gasteiger partial charge in [-0.1, -0.05) is 0 Å². The number of hydrogen-bond donors (Lipinski definition) is 2. The number of methoxy groups -OCH3 is 1. The lowest BCUT2D eigenvalue weighted by molar-refractivity contribution is 0.250. The Balaban J connectivity index is 1.55. The quantitative estimate of drug-likeness (QED) is 0.587. The summed E-state index contributed by atoms with van der Waals surface area (Å²) >= 11 is 0. The molecule has 3 rings (SSSR count). The molecule has 27 heavy (non-hydrogen) atoms. The van der Waals surface area contributed by atoms with Crippen molar-refractivity contribution in [3.8, 4) is 11.5 Å². The van der Waals surface area contributed by atoms with Gasteiger partial charge in [-0.05, 0) is 50.4 Å². The number of aromatic nitrogens is 2. The average molecular weight is 371 g/mol. The molecule has 1 saturated carbocycles. The lowest BCUT2D eigenvalue weighted by Gasteiger charge is -2.17. The van der Waals surface area contributed by atoms with Crippen molar-refractivity contribution in [1.29, 1.82) is 0 Å². The Bertz CT molecular complexity index is 736. The van der Waals surface area contributed by atoms with Crippen LogP contribution in [0.25, 0.3) is 0 Å². The molecule has 0 amide bonds. The zero-order valence-corrected chi connectivity index (χ0v) is 16.4. The Morgan fingerprint density at radius 2 is 2.07 bits per heavy atom. The van der Waals surface area contributed by atoms with E-state index in [2.05, 4.69) is 32.5 Å². The second-order valence-corrected chi connectivity index (χ2v) is 6.91. The molecule has 1 fully saturated rings. The van der Waals surface area contributed by atoms with E-state index in [0.717, 1.165) is 41.9 Å².